The summed E-state index contributed by atoms with van der Waals surface area (Å²) in [5.74, 6) is 0.171. The molecule has 0 amide bonds. The number of benzene rings is 2. The van der Waals surface area contributed by atoms with Gasteiger partial charge in [-0.15, -0.1) is 0 Å². The van der Waals surface area contributed by atoms with Crippen molar-refractivity contribution in [2.24, 2.45) is 0 Å². The van der Waals surface area contributed by atoms with E-state index >= 15 is 0 Å². The standard InChI is InChI=1S/C36H26Cl8F6N2O5/c37-23-13-21(54-11-7-29(41)42)14-24(38)33(23)27(56-31-3-1-19(17-51-31)35(45,46)47)5-9-53-10-6-28(57-32-4-2-20(18-52-32)36(48,49)50)34-25(39)15-22(16-26(34)40)55-12-8-30(43)44/h1-4,7-8,13-18,27-28H,5-6,9-12H2. The summed E-state index contributed by atoms with van der Waals surface area (Å²) in [7, 11) is 0. The van der Waals surface area contributed by atoms with Gasteiger partial charge in [-0.25, -0.2) is 9.97 Å². The van der Waals surface area contributed by atoms with Crippen molar-refractivity contribution in [2.75, 3.05) is 26.4 Å². The molecule has 0 bridgehead atoms. The highest BCUT2D eigenvalue weighted by Crippen LogP contribution is 2.41. The van der Waals surface area contributed by atoms with Gasteiger partial charge >= 0.3 is 12.4 Å². The van der Waals surface area contributed by atoms with Crippen LogP contribution in [0.25, 0.3) is 0 Å². The Morgan fingerprint density at radius 2 is 0.930 bits per heavy atom. The third-order valence-corrected chi connectivity index (χ3v) is 9.29. The summed E-state index contributed by atoms with van der Waals surface area (Å²) in [6.07, 6.45) is -7.20. The van der Waals surface area contributed by atoms with Gasteiger partial charge in [-0.1, -0.05) is 92.8 Å². The van der Waals surface area contributed by atoms with E-state index < -0.39 is 35.7 Å². The predicted molar refractivity (Wildman–Crippen MR) is 209 cm³/mol. The molecule has 0 aliphatic carbocycles. The summed E-state index contributed by atoms with van der Waals surface area (Å²) in [6.45, 7) is -0.114. The van der Waals surface area contributed by atoms with Gasteiger partial charge in [-0.2, -0.15) is 26.3 Å². The molecule has 0 fully saturated rings. The number of aromatic nitrogens is 2. The molecule has 2 heterocycles. The van der Waals surface area contributed by atoms with Crippen LogP contribution in [0.5, 0.6) is 23.3 Å². The Morgan fingerprint density at radius 1 is 0.579 bits per heavy atom. The SMILES string of the molecule is FC(F)(F)c1ccc(OC(CCOCCC(Oc2ccc(C(F)(F)F)cn2)c2c(Cl)cc(OCC=C(Cl)Cl)cc2Cl)c2c(Cl)cc(OCC=C(Cl)Cl)cc2Cl)nc1. The van der Waals surface area contributed by atoms with Crippen LogP contribution in [-0.2, 0) is 17.1 Å². The number of hydrogen-bond donors (Lipinski definition) is 0. The zero-order chi connectivity index (χ0) is 41.9. The first-order valence-electron chi connectivity index (χ1n) is 16.0. The van der Waals surface area contributed by atoms with Crippen LogP contribution in [0, 0.1) is 0 Å². The number of ether oxygens (including phenoxy) is 5. The highest BCUT2D eigenvalue weighted by Gasteiger charge is 2.32. The Kier molecular flexibility index (Phi) is 17.7. The summed E-state index contributed by atoms with van der Waals surface area (Å²) in [5, 5.41) is 0.357. The van der Waals surface area contributed by atoms with Crippen LogP contribution in [0.15, 0.2) is 82.1 Å². The molecule has 4 aromatic rings. The van der Waals surface area contributed by atoms with Gasteiger partial charge in [-0.3, -0.25) is 0 Å². The van der Waals surface area contributed by atoms with Gasteiger partial charge < -0.3 is 23.7 Å². The third kappa shape index (κ3) is 14.8. The Labute approximate surface area is 362 Å². The van der Waals surface area contributed by atoms with Crippen molar-refractivity contribution in [1.82, 2.24) is 9.97 Å². The van der Waals surface area contributed by atoms with E-state index in [1.54, 1.807) is 0 Å². The van der Waals surface area contributed by atoms with Crippen molar-refractivity contribution in [1.29, 1.82) is 0 Å². The molecule has 0 spiro atoms. The number of rotatable bonds is 18. The second kappa shape index (κ2) is 21.5. The van der Waals surface area contributed by atoms with E-state index in [0.29, 0.717) is 12.4 Å². The average Bonchev–Trinajstić information content (AvgIpc) is 3.10. The molecule has 0 saturated carbocycles. The number of hydrogen-bond acceptors (Lipinski definition) is 7. The average molecular weight is 964 g/mol. The lowest BCUT2D eigenvalue weighted by Gasteiger charge is -2.23. The molecule has 0 saturated heterocycles. The predicted octanol–water partition coefficient (Wildman–Crippen LogP) is 14.3. The van der Waals surface area contributed by atoms with Crippen LogP contribution in [0.3, 0.4) is 0 Å². The lowest BCUT2D eigenvalue weighted by Crippen LogP contribution is -2.16. The monoisotopic (exact) mass is 960 g/mol. The number of alkyl halides is 6. The van der Waals surface area contributed by atoms with Crippen molar-refractivity contribution in [3.63, 3.8) is 0 Å². The van der Waals surface area contributed by atoms with Crippen LogP contribution in [0.4, 0.5) is 26.3 Å². The molecule has 0 radical (unpaired) electrons. The van der Waals surface area contributed by atoms with Crippen molar-refractivity contribution in [2.45, 2.75) is 37.4 Å². The topological polar surface area (TPSA) is 71.9 Å². The third-order valence-electron chi connectivity index (χ3n) is 7.43. The highest BCUT2D eigenvalue weighted by molar-refractivity contribution is 6.56. The summed E-state index contributed by atoms with van der Waals surface area (Å²) < 4.78 is 108. The molecular weight excluding hydrogens is 938 g/mol. The Hall–Kier alpha value is -2.72. The molecular formula is C36H26Cl8F6N2O5. The molecule has 0 aliphatic heterocycles. The molecule has 0 N–H and O–H groups in total. The van der Waals surface area contributed by atoms with E-state index in [2.05, 4.69) is 9.97 Å². The van der Waals surface area contributed by atoms with Gasteiger partial charge in [0.15, 0.2) is 0 Å². The fourth-order valence-electron chi connectivity index (χ4n) is 4.84. The van der Waals surface area contributed by atoms with Gasteiger partial charge in [-0.05, 0) is 48.6 Å². The maximum absolute atomic E-state index is 13.2. The van der Waals surface area contributed by atoms with Gasteiger partial charge in [0.25, 0.3) is 0 Å². The minimum absolute atomic E-state index is 0.00690. The number of nitrogens with zero attached hydrogens (tertiary/aromatic N) is 2. The minimum Gasteiger partial charge on any atom is -0.489 e. The van der Waals surface area contributed by atoms with Gasteiger partial charge in [0.05, 0.1) is 44.4 Å². The van der Waals surface area contributed by atoms with Gasteiger partial charge in [0, 0.05) is 48.5 Å². The van der Waals surface area contributed by atoms with E-state index in [-0.39, 0.29) is 103 Å². The molecule has 308 valence electrons. The molecule has 2 aromatic heterocycles. The van der Waals surface area contributed by atoms with Crippen LogP contribution < -0.4 is 18.9 Å². The second-order valence-corrected chi connectivity index (χ2v) is 15.0. The second-order valence-electron chi connectivity index (χ2n) is 11.4. The van der Waals surface area contributed by atoms with E-state index in [1.165, 1.54) is 36.4 Å². The number of pyridine rings is 2. The van der Waals surface area contributed by atoms with Crippen molar-refractivity contribution in [3.05, 3.63) is 124 Å². The fourth-order valence-corrected chi connectivity index (χ4v) is 6.51. The molecule has 21 heteroatoms. The van der Waals surface area contributed by atoms with E-state index in [1.807, 2.05) is 0 Å². The van der Waals surface area contributed by atoms with Crippen LogP contribution in [0.2, 0.25) is 20.1 Å². The molecule has 2 unspecified atom stereocenters. The van der Waals surface area contributed by atoms with E-state index in [9.17, 15) is 26.3 Å². The Balaban J connectivity index is 1.54. The van der Waals surface area contributed by atoms with Crippen LogP contribution in [0.1, 0.15) is 47.3 Å². The van der Waals surface area contributed by atoms with Gasteiger partial charge in [0.1, 0.15) is 45.9 Å². The van der Waals surface area contributed by atoms with Crippen molar-refractivity contribution < 1.29 is 50.0 Å². The van der Waals surface area contributed by atoms with Crippen molar-refractivity contribution >= 4 is 92.8 Å². The van der Waals surface area contributed by atoms with Gasteiger partial charge in [0.2, 0.25) is 11.8 Å². The Bertz CT molecular complexity index is 1820. The summed E-state index contributed by atoms with van der Waals surface area (Å²) in [6, 6.07) is 9.48. The summed E-state index contributed by atoms with van der Waals surface area (Å²) >= 11 is 49.0. The summed E-state index contributed by atoms with van der Waals surface area (Å²) in [4.78, 5) is 7.58. The molecule has 2 atom stereocenters. The minimum atomic E-state index is -4.63. The first-order chi connectivity index (χ1) is 26.8. The van der Waals surface area contributed by atoms with Crippen LogP contribution in [-0.4, -0.2) is 36.4 Å². The quantitative estimate of drug-likeness (QED) is 0.0726. The van der Waals surface area contributed by atoms with E-state index in [0.717, 1.165) is 24.3 Å². The lowest BCUT2D eigenvalue weighted by molar-refractivity contribution is -0.138. The van der Waals surface area contributed by atoms with Crippen molar-refractivity contribution in [3.8, 4) is 23.3 Å². The summed E-state index contributed by atoms with van der Waals surface area (Å²) in [5.41, 5.74) is -1.47. The molecule has 0 aliphatic rings. The molecule has 57 heavy (non-hydrogen) atoms. The largest absolute Gasteiger partial charge is 0.489 e. The number of halogens is 14. The smallest absolute Gasteiger partial charge is 0.417 e. The molecule has 7 nitrogen and oxygen atoms in total. The lowest BCUT2D eigenvalue weighted by atomic mass is 10.1. The maximum Gasteiger partial charge on any atom is 0.417 e. The first kappa shape index (κ1) is 47.0. The molecule has 4 rings (SSSR count). The fraction of sp³-hybridized carbons (Fsp3) is 0.278. The molecule has 2 aromatic carbocycles. The maximum atomic E-state index is 13.2. The van der Waals surface area contributed by atoms with Crippen LogP contribution >= 0.6 is 92.8 Å². The van der Waals surface area contributed by atoms with E-state index in [4.69, 9.17) is 116 Å². The Morgan fingerprint density at radius 3 is 1.21 bits per heavy atom. The zero-order valence-electron chi connectivity index (χ0n) is 28.6. The highest BCUT2D eigenvalue weighted by atomic mass is 35.5. The first-order valence-corrected chi connectivity index (χ1v) is 19.1. The normalized spacial score (nSPS) is 12.7. The zero-order valence-corrected chi connectivity index (χ0v) is 34.6.